The van der Waals surface area contributed by atoms with E-state index in [2.05, 4.69) is 12.2 Å². The van der Waals surface area contributed by atoms with E-state index >= 15 is 0 Å². The van der Waals surface area contributed by atoms with Crippen LogP contribution in [0.3, 0.4) is 0 Å². The second kappa shape index (κ2) is 10.3. The lowest BCUT2D eigenvalue weighted by Gasteiger charge is -2.05. The van der Waals surface area contributed by atoms with Crippen molar-refractivity contribution in [1.82, 2.24) is 5.32 Å². The van der Waals surface area contributed by atoms with Crippen molar-refractivity contribution in [3.05, 3.63) is 0 Å². The van der Waals surface area contributed by atoms with Crippen LogP contribution in [0.4, 0.5) is 4.79 Å². The van der Waals surface area contributed by atoms with E-state index in [-0.39, 0.29) is 6.61 Å². The van der Waals surface area contributed by atoms with Gasteiger partial charge >= 0.3 is 6.09 Å². The SMILES string of the molecule is CCCOCCOCCOC(=O)NC. The summed E-state index contributed by atoms with van der Waals surface area (Å²) in [5.74, 6) is 0. The lowest BCUT2D eigenvalue weighted by Crippen LogP contribution is -2.21. The summed E-state index contributed by atoms with van der Waals surface area (Å²) >= 11 is 0. The van der Waals surface area contributed by atoms with Crippen molar-refractivity contribution in [3.8, 4) is 0 Å². The Morgan fingerprint density at radius 2 is 1.64 bits per heavy atom. The zero-order chi connectivity index (χ0) is 10.6. The maximum atomic E-state index is 10.6. The van der Waals surface area contributed by atoms with Crippen molar-refractivity contribution < 1.29 is 19.0 Å². The van der Waals surface area contributed by atoms with E-state index < -0.39 is 6.09 Å². The van der Waals surface area contributed by atoms with Crippen LogP contribution in [0, 0.1) is 0 Å². The minimum Gasteiger partial charge on any atom is -0.447 e. The summed E-state index contributed by atoms with van der Waals surface area (Å²) in [5.41, 5.74) is 0. The fourth-order valence-electron chi connectivity index (χ4n) is 0.732. The maximum Gasteiger partial charge on any atom is 0.406 e. The van der Waals surface area contributed by atoms with Crippen LogP contribution in [-0.2, 0) is 14.2 Å². The van der Waals surface area contributed by atoms with Crippen molar-refractivity contribution >= 4 is 6.09 Å². The number of hydrogen-bond donors (Lipinski definition) is 1. The Balaban J connectivity index is 2.95. The number of nitrogens with one attached hydrogen (secondary N) is 1. The molecule has 1 N–H and O–H groups in total. The Kier molecular flexibility index (Phi) is 9.68. The number of amides is 1. The molecule has 84 valence electrons. The predicted octanol–water partition coefficient (Wildman–Crippen LogP) is 0.786. The third-order valence-electron chi connectivity index (χ3n) is 1.39. The van der Waals surface area contributed by atoms with Crippen LogP contribution in [0.15, 0.2) is 0 Å². The second-order valence-corrected chi connectivity index (χ2v) is 2.61. The van der Waals surface area contributed by atoms with E-state index in [1.165, 1.54) is 7.05 Å². The van der Waals surface area contributed by atoms with Crippen molar-refractivity contribution in [2.24, 2.45) is 0 Å². The molecule has 0 aliphatic rings. The van der Waals surface area contributed by atoms with Crippen LogP contribution < -0.4 is 5.32 Å². The van der Waals surface area contributed by atoms with Crippen molar-refractivity contribution in [3.63, 3.8) is 0 Å². The molecule has 14 heavy (non-hydrogen) atoms. The minimum atomic E-state index is -0.434. The van der Waals surface area contributed by atoms with Gasteiger partial charge in [-0.2, -0.15) is 0 Å². The molecule has 0 aliphatic carbocycles. The van der Waals surface area contributed by atoms with Gasteiger partial charge in [-0.3, -0.25) is 0 Å². The van der Waals surface area contributed by atoms with Crippen molar-refractivity contribution in [2.75, 3.05) is 40.1 Å². The number of alkyl carbamates (subject to hydrolysis) is 1. The molecule has 0 fully saturated rings. The molecule has 0 unspecified atom stereocenters. The Hall–Kier alpha value is -0.810. The normalized spacial score (nSPS) is 9.86. The highest BCUT2D eigenvalue weighted by Gasteiger charge is 1.96. The van der Waals surface area contributed by atoms with Gasteiger partial charge in [-0.15, -0.1) is 0 Å². The molecule has 0 aliphatic heterocycles. The summed E-state index contributed by atoms with van der Waals surface area (Å²) < 4.78 is 15.0. The van der Waals surface area contributed by atoms with E-state index in [0.717, 1.165) is 13.0 Å². The largest absolute Gasteiger partial charge is 0.447 e. The standard InChI is InChI=1S/C9H19NO4/c1-3-4-12-5-6-13-7-8-14-9(11)10-2/h3-8H2,1-2H3,(H,10,11). The molecule has 0 radical (unpaired) electrons. The van der Waals surface area contributed by atoms with Gasteiger partial charge in [0.15, 0.2) is 0 Å². The van der Waals surface area contributed by atoms with Gasteiger partial charge in [-0.1, -0.05) is 6.92 Å². The van der Waals surface area contributed by atoms with Crippen molar-refractivity contribution in [1.29, 1.82) is 0 Å². The van der Waals surface area contributed by atoms with Crippen LogP contribution >= 0.6 is 0 Å². The molecular formula is C9H19NO4. The summed E-state index contributed by atoms with van der Waals surface area (Å²) in [4.78, 5) is 10.6. The molecule has 5 nitrogen and oxygen atoms in total. The highest BCUT2D eigenvalue weighted by atomic mass is 16.6. The lowest BCUT2D eigenvalue weighted by atomic mass is 10.5. The van der Waals surface area contributed by atoms with Crippen molar-refractivity contribution in [2.45, 2.75) is 13.3 Å². The molecular weight excluding hydrogens is 186 g/mol. The van der Waals surface area contributed by atoms with E-state index in [1.807, 2.05) is 0 Å². The van der Waals surface area contributed by atoms with Crippen LogP contribution in [0.25, 0.3) is 0 Å². The zero-order valence-corrected chi connectivity index (χ0v) is 8.88. The highest BCUT2D eigenvalue weighted by molar-refractivity contribution is 5.66. The van der Waals surface area contributed by atoms with Gasteiger partial charge in [-0.05, 0) is 6.42 Å². The Morgan fingerprint density at radius 3 is 2.21 bits per heavy atom. The molecule has 0 bridgehead atoms. The maximum absolute atomic E-state index is 10.6. The molecule has 0 rings (SSSR count). The topological polar surface area (TPSA) is 56.8 Å². The van der Waals surface area contributed by atoms with Gasteiger partial charge in [0.2, 0.25) is 0 Å². The molecule has 0 saturated carbocycles. The number of carbonyl (C=O) groups excluding carboxylic acids is 1. The van der Waals surface area contributed by atoms with Crippen LogP contribution in [0.1, 0.15) is 13.3 Å². The number of rotatable bonds is 8. The van der Waals surface area contributed by atoms with Gasteiger partial charge in [0.05, 0.1) is 19.8 Å². The number of ether oxygens (including phenoxy) is 3. The number of carbonyl (C=O) groups is 1. The Labute approximate surface area is 84.7 Å². The van der Waals surface area contributed by atoms with E-state index in [0.29, 0.717) is 19.8 Å². The lowest BCUT2D eigenvalue weighted by molar-refractivity contribution is 0.0285. The fraction of sp³-hybridized carbons (Fsp3) is 0.889. The summed E-state index contributed by atoms with van der Waals surface area (Å²) in [6, 6.07) is 0. The third kappa shape index (κ3) is 9.28. The first-order chi connectivity index (χ1) is 6.81. The molecule has 1 amide bonds. The molecule has 0 aromatic rings. The van der Waals surface area contributed by atoms with Crippen LogP contribution in [-0.4, -0.2) is 46.2 Å². The second-order valence-electron chi connectivity index (χ2n) is 2.61. The highest BCUT2D eigenvalue weighted by Crippen LogP contribution is 1.83. The van der Waals surface area contributed by atoms with E-state index in [1.54, 1.807) is 0 Å². The zero-order valence-electron chi connectivity index (χ0n) is 8.88. The predicted molar refractivity (Wildman–Crippen MR) is 52.3 cm³/mol. The monoisotopic (exact) mass is 205 g/mol. The van der Waals surface area contributed by atoms with Gasteiger partial charge < -0.3 is 19.5 Å². The minimum absolute atomic E-state index is 0.271. The molecule has 5 heteroatoms. The van der Waals surface area contributed by atoms with Gasteiger partial charge in [0.1, 0.15) is 6.61 Å². The summed E-state index contributed by atoms with van der Waals surface area (Å²) in [7, 11) is 1.52. The summed E-state index contributed by atoms with van der Waals surface area (Å²) in [6.45, 7) is 4.62. The first-order valence-corrected chi connectivity index (χ1v) is 4.81. The quantitative estimate of drug-likeness (QED) is 0.595. The average Bonchev–Trinajstić information content (AvgIpc) is 2.21. The van der Waals surface area contributed by atoms with Gasteiger partial charge in [0, 0.05) is 13.7 Å². The molecule has 0 aromatic carbocycles. The van der Waals surface area contributed by atoms with Gasteiger partial charge in [-0.25, -0.2) is 4.79 Å². The van der Waals surface area contributed by atoms with E-state index in [9.17, 15) is 4.79 Å². The first kappa shape index (κ1) is 13.2. The summed E-state index contributed by atoms with van der Waals surface area (Å²) in [5, 5.41) is 2.34. The van der Waals surface area contributed by atoms with Crippen LogP contribution in [0.5, 0.6) is 0 Å². The van der Waals surface area contributed by atoms with Crippen LogP contribution in [0.2, 0.25) is 0 Å². The third-order valence-corrected chi connectivity index (χ3v) is 1.39. The molecule has 0 aromatic heterocycles. The molecule has 0 saturated heterocycles. The average molecular weight is 205 g/mol. The molecule has 0 heterocycles. The van der Waals surface area contributed by atoms with E-state index in [4.69, 9.17) is 14.2 Å². The first-order valence-electron chi connectivity index (χ1n) is 4.81. The molecule has 0 atom stereocenters. The number of hydrogen-bond acceptors (Lipinski definition) is 4. The molecule has 0 spiro atoms. The smallest absolute Gasteiger partial charge is 0.406 e. The Bertz CT molecular complexity index is 141. The summed E-state index contributed by atoms with van der Waals surface area (Å²) in [6.07, 6.45) is 0.579. The Morgan fingerprint density at radius 1 is 1.07 bits per heavy atom. The van der Waals surface area contributed by atoms with Gasteiger partial charge in [0.25, 0.3) is 0 Å². The fourth-order valence-corrected chi connectivity index (χ4v) is 0.732.